The molecule has 1 aromatic rings. The zero-order valence-electron chi connectivity index (χ0n) is 15.8. The number of anilines is 1. The first-order valence-electron chi connectivity index (χ1n) is 7.85. The maximum absolute atomic E-state index is 12.6. The van der Waals surface area contributed by atoms with Crippen molar-refractivity contribution in [3.63, 3.8) is 0 Å². The largest absolute Gasteiger partial charge is 1.00 e. The number of aliphatic carboxylic acids is 1. The molecule has 0 saturated carbocycles. The molecule has 0 unspecified atom stereocenters. The maximum Gasteiger partial charge on any atom is 1.00 e. The molecule has 14 heteroatoms. The number of nitrogen functional groups attached to an aromatic ring is 1. The molecule has 0 spiro atoms. The third kappa shape index (κ3) is 4.59. The molecule has 2 aliphatic rings. The van der Waals surface area contributed by atoms with Crippen LogP contribution in [0.2, 0.25) is 0 Å². The fourth-order valence-corrected chi connectivity index (χ4v) is 4.66. The van der Waals surface area contributed by atoms with Gasteiger partial charge in [0.05, 0.1) is 6.61 Å². The minimum Gasteiger partial charge on any atom is -0.857 e. The van der Waals surface area contributed by atoms with Gasteiger partial charge < -0.3 is 25.5 Å². The molecule has 1 saturated heterocycles. The zero-order valence-corrected chi connectivity index (χ0v) is 19.5. The molecule has 0 bridgehead atoms. The molecule has 29 heavy (non-hydrogen) atoms. The van der Waals surface area contributed by atoms with Crippen LogP contribution in [-0.4, -0.2) is 76.5 Å². The van der Waals surface area contributed by atoms with Gasteiger partial charge in [0, 0.05) is 24.1 Å². The first-order chi connectivity index (χ1) is 13.4. The zero-order chi connectivity index (χ0) is 20.4. The average Bonchev–Trinajstić information content (AvgIpc) is 3.09. The van der Waals surface area contributed by atoms with Gasteiger partial charge in [-0.25, -0.2) is 9.78 Å². The predicted molar refractivity (Wildman–Crippen MR) is 101 cm³/mol. The Morgan fingerprint density at radius 1 is 1.52 bits per heavy atom. The van der Waals surface area contributed by atoms with Crippen LogP contribution in [0, 0.1) is 0 Å². The number of nitrogens with zero attached hydrogens (tertiary/aromatic N) is 4. The molecule has 0 aliphatic carbocycles. The van der Waals surface area contributed by atoms with Crippen molar-refractivity contribution in [1.82, 2.24) is 9.88 Å². The van der Waals surface area contributed by atoms with E-state index in [2.05, 4.69) is 20.0 Å². The van der Waals surface area contributed by atoms with Crippen molar-refractivity contribution >= 4 is 51.7 Å². The Labute approximate surface area is 195 Å². The number of carbonyl (C=O) groups excluding carboxylic acids is 1. The van der Waals surface area contributed by atoms with Crippen molar-refractivity contribution in [3.8, 4) is 0 Å². The minimum atomic E-state index is -1.23. The Kier molecular flexibility index (Phi) is 8.08. The normalized spacial score (nSPS) is 22.0. The second-order valence-electron chi connectivity index (χ2n) is 5.67. The third-order valence-corrected chi connectivity index (χ3v) is 5.95. The van der Waals surface area contributed by atoms with Gasteiger partial charge in [-0.1, -0.05) is 5.16 Å². The van der Waals surface area contributed by atoms with E-state index in [0.29, 0.717) is 11.3 Å². The number of carbonyl (C=O) groups is 2. The van der Waals surface area contributed by atoms with E-state index in [4.69, 9.17) is 10.5 Å². The Morgan fingerprint density at radius 2 is 2.24 bits per heavy atom. The Bertz CT molecular complexity index is 902. The van der Waals surface area contributed by atoms with Gasteiger partial charge in [-0.05, 0) is 5.57 Å². The number of carboxylic acid groups (broad SMARTS) is 1. The molecule has 150 valence electrons. The summed E-state index contributed by atoms with van der Waals surface area (Å²) in [6, 6.07) is -1.02. The SMILES string of the molecule is COCC1=C(C(=O)O)N2C(=O)[C@@H](N=C([O-])/C(=N/OC)c3csc(N)n3)[C@H]2SC1.[Na+]. The number of carboxylic acids is 1. The number of nitrogens with two attached hydrogens (primary N) is 1. The first kappa shape index (κ1) is 23.6. The van der Waals surface area contributed by atoms with Crippen LogP contribution in [0.1, 0.15) is 5.69 Å². The van der Waals surface area contributed by atoms with Crippen molar-refractivity contribution < 1.29 is 58.9 Å². The summed E-state index contributed by atoms with van der Waals surface area (Å²) in [6.07, 6.45) is 0. The predicted octanol–water partition coefficient (Wildman–Crippen LogP) is -3.89. The number of ether oxygens (including phenoxy) is 1. The van der Waals surface area contributed by atoms with E-state index in [0.717, 1.165) is 16.2 Å². The van der Waals surface area contributed by atoms with E-state index in [1.807, 2.05) is 0 Å². The van der Waals surface area contributed by atoms with E-state index in [-0.39, 0.29) is 58.4 Å². The maximum atomic E-state index is 12.6. The Hall–Kier alpha value is -1.64. The van der Waals surface area contributed by atoms with Gasteiger partial charge in [-0.3, -0.25) is 14.7 Å². The van der Waals surface area contributed by atoms with E-state index in [1.165, 1.54) is 31.4 Å². The standard InChI is InChI=1S/C15H17N5O6S2.Na/c1-25-3-6-4-27-13-9(12(22)20(13)10(6)14(23)24)18-11(21)8(19-26-2)7-5-28-15(16)17-7;/h5,9,13H,3-4H2,1-2H3,(H2,16,17)(H,18,21)(H,23,24);/q;+1/p-1/b19-8+;/t9-,13-;/m1./s1. The number of oxime groups is 1. The number of hydrogen-bond donors (Lipinski definition) is 2. The van der Waals surface area contributed by atoms with Crippen molar-refractivity contribution in [3.05, 3.63) is 22.3 Å². The minimum absolute atomic E-state index is 0. The van der Waals surface area contributed by atoms with Crippen LogP contribution in [0.25, 0.3) is 0 Å². The molecule has 2 atom stereocenters. The molecule has 0 aromatic carbocycles. The van der Waals surface area contributed by atoms with Crippen LogP contribution in [0.15, 0.2) is 26.8 Å². The van der Waals surface area contributed by atoms with Crippen LogP contribution in [-0.2, 0) is 19.2 Å². The number of fused-ring (bicyclic) bond motifs is 1. The van der Waals surface area contributed by atoms with Gasteiger partial charge in [-0.15, -0.1) is 23.1 Å². The number of hydrogen-bond acceptors (Lipinski definition) is 11. The third-order valence-electron chi connectivity index (χ3n) is 3.95. The van der Waals surface area contributed by atoms with Crippen LogP contribution < -0.4 is 40.4 Å². The molecule has 1 aromatic heterocycles. The summed E-state index contributed by atoms with van der Waals surface area (Å²) in [5.74, 6) is -2.25. The van der Waals surface area contributed by atoms with Gasteiger partial charge in [0.1, 0.15) is 29.6 Å². The molecule has 0 radical (unpaired) electrons. The number of thioether (sulfide) groups is 1. The molecule has 3 rings (SSSR count). The number of β-lactam (4-membered cyclic amide) rings is 1. The van der Waals surface area contributed by atoms with Crippen molar-refractivity contribution in [2.24, 2.45) is 10.1 Å². The topological polar surface area (TPSA) is 163 Å². The molecule has 11 nitrogen and oxygen atoms in total. The number of aliphatic imine (C=N–C) groups is 1. The number of thiazole rings is 1. The number of rotatable bonds is 7. The van der Waals surface area contributed by atoms with Crippen molar-refractivity contribution in [2.45, 2.75) is 11.4 Å². The van der Waals surface area contributed by atoms with E-state index < -0.39 is 29.2 Å². The molecule has 1 amide bonds. The van der Waals surface area contributed by atoms with Crippen LogP contribution in [0.5, 0.6) is 0 Å². The summed E-state index contributed by atoms with van der Waals surface area (Å²) in [5, 5.41) is 26.9. The molecular formula is C15H16N5NaO6S2. The number of aromatic nitrogens is 1. The van der Waals surface area contributed by atoms with Gasteiger partial charge in [-0.2, -0.15) is 0 Å². The van der Waals surface area contributed by atoms with Crippen LogP contribution in [0.3, 0.4) is 0 Å². The summed E-state index contributed by atoms with van der Waals surface area (Å²) in [5.41, 5.74) is 5.96. The van der Waals surface area contributed by atoms with Crippen LogP contribution >= 0.6 is 23.1 Å². The monoisotopic (exact) mass is 449 g/mol. The number of amides is 1. The van der Waals surface area contributed by atoms with Crippen LogP contribution in [0.4, 0.5) is 5.13 Å². The van der Waals surface area contributed by atoms with Crippen molar-refractivity contribution in [1.29, 1.82) is 0 Å². The molecule has 1 fully saturated rings. The van der Waals surface area contributed by atoms with Gasteiger partial charge in [0.15, 0.2) is 11.2 Å². The molecular weight excluding hydrogens is 433 g/mol. The van der Waals surface area contributed by atoms with Gasteiger partial charge in [0.25, 0.3) is 5.91 Å². The summed E-state index contributed by atoms with van der Waals surface area (Å²) in [6.45, 7) is 0.0990. The molecule has 3 N–H and O–H groups in total. The second-order valence-corrected chi connectivity index (χ2v) is 7.67. The van der Waals surface area contributed by atoms with E-state index in [9.17, 15) is 19.8 Å². The molecule has 2 aliphatic heterocycles. The average molecular weight is 449 g/mol. The van der Waals surface area contributed by atoms with E-state index in [1.54, 1.807) is 0 Å². The van der Waals surface area contributed by atoms with Gasteiger partial charge >= 0.3 is 35.5 Å². The van der Waals surface area contributed by atoms with Gasteiger partial charge in [0.2, 0.25) is 0 Å². The second kappa shape index (κ2) is 9.91. The Balaban J connectivity index is 0.00000300. The molecule has 3 heterocycles. The Morgan fingerprint density at radius 3 is 2.79 bits per heavy atom. The van der Waals surface area contributed by atoms with Crippen molar-refractivity contribution in [2.75, 3.05) is 32.3 Å². The smallest absolute Gasteiger partial charge is 0.857 e. The van der Waals surface area contributed by atoms with E-state index >= 15 is 0 Å². The fraction of sp³-hybridized carbons (Fsp3) is 0.400. The quantitative estimate of drug-likeness (QED) is 0.139. The first-order valence-corrected chi connectivity index (χ1v) is 9.78. The summed E-state index contributed by atoms with van der Waals surface area (Å²) < 4.78 is 5.01. The fourth-order valence-electron chi connectivity index (χ4n) is 2.80. The summed E-state index contributed by atoms with van der Waals surface area (Å²) in [4.78, 5) is 37.9. The summed E-state index contributed by atoms with van der Waals surface area (Å²) in [7, 11) is 2.71. The number of methoxy groups -OCH3 is 1. The summed E-state index contributed by atoms with van der Waals surface area (Å²) >= 11 is 2.43.